The molecule has 11 heavy (non-hydrogen) atoms. The van der Waals surface area contributed by atoms with Crippen molar-refractivity contribution >= 4 is 15.9 Å². The number of nitrogens with zero attached hydrogens (tertiary/aromatic N) is 1. The van der Waals surface area contributed by atoms with E-state index in [0.717, 1.165) is 10.2 Å². The van der Waals surface area contributed by atoms with Crippen LogP contribution < -0.4 is 0 Å². The number of aromatic nitrogens is 1. The summed E-state index contributed by atoms with van der Waals surface area (Å²) in [5.74, 6) is 0. The Balaban J connectivity index is 2.66. The first-order valence-electron chi connectivity index (χ1n) is 3.47. The Labute approximate surface area is 74.4 Å². The van der Waals surface area contributed by atoms with E-state index in [2.05, 4.69) is 20.9 Å². The number of rotatable bonds is 2. The van der Waals surface area contributed by atoms with Crippen LogP contribution in [0.4, 0.5) is 0 Å². The Kier molecular flexibility index (Phi) is 3.02. The molecule has 60 valence electrons. The van der Waals surface area contributed by atoms with Crippen LogP contribution in [0.1, 0.15) is 12.6 Å². The largest absolute Gasteiger partial charge is 0.393 e. The predicted molar refractivity (Wildman–Crippen MR) is 47.3 cm³/mol. The number of hydrogen-bond donors (Lipinski definition) is 1. The van der Waals surface area contributed by atoms with Crippen LogP contribution in [0, 0.1) is 0 Å². The summed E-state index contributed by atoms with van der Waals surface area (Å²) in [5.41, 5.74) is 0.920. The van der Waals surface area contributed by atoms with E-state index in [1.54, 1.807) is 13.1 Å². The smallest absolute Gasteiger partial charge is 0.0567 e. The average molecular weight is 216 g/mol. The van der Waals surface area contributed by atoms with Crippen molar-refractivity contribution in [3.8, 4) is 0 Å². The Hall–Kier alpha value is -0.410. The van der Waals surface area contributed by atoms with Gasteiger partial charge in [-0.1, -0.05) is 0 Å². The Morgan fingerprint density at radius 2 is 2.36 bits per heavy atom. The third kappa shape index (κ3) is 2.99. The highest BCUT2D eigenvalue weighted by Crippen LogP contribution is 2.08. The summed E-state index contributed by atoms with van der Waals surface area (Å²) >= 11 is 3.29. The number of aliphatic hydroxyl groups excluding tert-OH is 1. The number of hydrogen-bond acceptors (Lipinski definition) is 2. The van der Waals surface area contributed by atoms with Gasteiger partial charge in [-0.2, -0.15) is 0 Å². The van der Waals surface area contributed by atoms with E-state index in [4.69, 9.17) is 5.11 Å². The minimum absolute atomic E-state index is 0.316. The molecular formula is C8H10BrNO. The third-order valence-corrected chi connectivity index (χ3v) is 1.76. The third-order valence-electron chi connectivity index (χ3n) is 1.29. The Bertz CT molecular complexity index is 220. The molecule has 3 heteroatoms. The predicted octanol–water partition coefficient (Wildman–Crippen LogP) is 1.77. The van der Waals surface area contributed by atoms with Gasteiger partial charge in [0.1, 0.15) is 0 Å². The van der Waals surface area contributed by atoms with Crippen molar-refractivity contribution in [2.75, 3.05) is 0 Å². The van der Waals surface area contributed by atoms with E-state index < -0.39 is 0 Å². The molecule has 1 aromatic heterocycles. The van der Waals surface area contributed by atoms with Gasteiger partial charge in [0.2, 0.25) is 0 Å². The van der Waals surface area contributed by atoms with Crippen molar-refractivity contribution in [3.05, 3.63) is 28.5 Å². The highest BCUT2D eigenvalue weighted by atomic mass is 79.9. The van der Waals surface area contributed by atoms with Gasteiger partial charge in [0, 0.05) is 22.8 Å². The van der Waals surface area contributed by atoms with E-state index in [1.165, 1.54) is 0 Å². The lowest BCUT2D eigenvalue weighted by Gasteiger charge is -2.02. The summed E-state index contributed by atoms with van der Waals surface area (Å²) in [5, 5.41) is 9.02. The van der Waals surface area contributed by atoms with E-state index in [1.807, 2.05) is 12.1 Å². The van der Waals surface area contributed by atoms with Crippen LogP contribution in [-0.2, 0) is 6.42 Å². The molecule has 1 N–H and O–H groups in total. The van der Waals surface area contributed by atoms with Gasteiger partial charge in [0.25, 0.3) is 0 Å². The SMILES string of the molecule is C[C@@H](O)Cc1ccc(Br)cn1. The molecule has 0 amide bonds. The van der Waals surface area contributed by atoms with E-state index in [9.17, 15) is 0 Å². The molecule has 0 spiro atoms. The minimum atomic E-state index is -0.316. The van der Waals surface area contributed by atoms with E-state index in [-0.39, 0.29) is 6.10 Å². The molecule has 0 bridgehead atoms. The number of halogens is 1. The van der Waals surface area contributed by atoms with Gasteiger partial charge in [-0.15, -0.1) is 0 Å². The molecular weight excluding hydrogens is 206 g/mol. The molecule has 1 aromatic rings. The monoisotopic (exact) mass is 215 g/mol. The molecule has 0 aliphatic heterocycles. The van der Waals surface area contributed by atoms with Crippen LogP contribution >= 0.6 is 15.9 Å². The average Bonchev–Trinajstić information content (AvgIpc) is 1.93. The second kappa shape index (κ2) is 3.83. The fourth-order valence-corrected chi connectivity index (χ4v) is 1.06. The molecule has 0 aliphatic carbocycles. The maximum Gasteiger partial charge on any atom is 0.0567 e. The summed E-state index contributed by atoms with van der Waals surface area (Å²) < 4.78 is 0.965. The Morgan fingerprint density at radius 1 is 1.64 bits per heavy atom. The lowest BCUT2D eigenvalue weighted by Crippen LogP contribution is -2.05. The summed E-state index contributed by atoms with van der Waals surface area (Å²) in [6.45, 7) is 1.75. The van der Waals surface area contributed by atoms with Gasteiger partial charge < -0.3 is 5.11 Å². The second-order valence-corrected chi connectivity index (χ2v) is 3.44. The van der Waals surface area contributed by atoms with Crippen molar-refractivity contribution in [3.63, 3.8) is 0 Å². The molecule has 1 atom stereocenters. The molecule has 0 aromatic carbocycles. The van der Waals surface area contributed by atoms with Crippen LogP contribution in [0.25, 0.3) is 0 Å². The lowest BCUT2D eigenvalue weighted by molar-refractivity contribution is 0.194. The fourth-order valence-electron chi connectivity index (χ4n) is 0.830. The molecule has 0 saturated heterocycles. The van der Waals surface area contributed by atoms with Crippen molar-refractivity contribution in [2.24, 2.45) is 0 Å². The van der Waals surface area contributed by atoms with Gasteiger partial charge in [-0.25, -0.2) is 0 Å². The van der Waals surface area contributed by atoms with Crippen LogP contribution in [0.3, 0.4) is 0 Å². The second-order valence-electron chi connectivity index (χ2n) is 2.52. The minimum Gasteiger partial charge on any atom is -0.393 e. The quantitative estimate of drug-likeness (QED) is 0.817. The summed E-state index contributed by atoms with van der Waals surface area (Å²) in [6, 6.07) is 3.82. The van der Waals surface area contributed by atoms with Gasteiger partial charge >= 0.3 is 0 Å². The van der Waals surface area contributed by atoms with Gasteiger partial charge in [-0.3, -0.25) is 4.98 Å². The molecule has 0 radical (unpaired) electrons. The first-order valence-corrected chi connectivity index (χ1v) is 4.26. The highest BCUT2D eigenvalue weighted by Gasteiger charge is 1.98. The zero-order valence-corrected chi connectivity index (χ0v) is 7.87. The van der Waals surface area contributed by atoms with Crippen molar-refractivity contribution in [2.45, 2.75) is 19.4 Å². The normalized spacial score (nSPS) is 13.0. The molecule has 1 heterocycles. The van der Waals surface area contributed by atoms with Crippen molar-refractivity contribution in [1.82, 2.24) is 4.98 Å². The maximum atomic E-state index is 9.02. The molecule has 0 fully saturated rings. The highest BCUT2D eigenvalue weighted by molar-refractivity contribution is 9.10. The van der Waals surface area contributed by atoms with Gasteiger partial charge in [0.15, 0.2) is 0 Å². The zero-order chi connectivity index (χ0) is 8.27. The first kappa shape index (κ1) is 8.68. The van der Waals surface area contributed by atoms with Crippen LogP contribution in [0.2, 0.25) is 0 Å². The van der Waals surface area contributed by atoms with Crippen molar-refractivity contribution < 1.29 is 5.11 Å². The van der Waals surface area contributed by atoms with E-state index in [0.29, 0.717) is 6.42 Å². The van der Waals surface area contributed by atoms with Crippen LogP contribution in [0.15, 0.2) is 22.8 Å². The molecule has 0 aliphatic rings. The molecule has 1 rings (SSSR count). The zero-order valence-electron chi connectivity index (χ0n) is 6.29. The number of aliphatic hydroxyl groups is 1. The molecule has 0 unspecified atom stereocenters. The topological polar surface area (TPSA) is 33.1 Å². The van der Waals surface area contributed by atoms with E-state index >= 15 is 0 Å². The van der Waals surface area contributed by atoms with Crippen LogP contribution in [-0.4, -0.2) is 16.2 Å². The van der Waals surface area contributed by atoms with Crippen LogP contribution in [0.5, 0.6) is 0 Å². The van der Waals surface area contributed by atoms with Crippen molar-refractivity contribution in [1.29, 1.82) is 0 Å². The molecule has 0 saturated carbocycles. The standard InChI is InChI=1S/C8H10BrNO/c1-6(11)4-8-3-2-7(9)5-10-8/h2-3,5-6,11H,4H2,1H3/t6-/m1/s1. The summed E-state index contributed by atoms with van der Waals surface area (Å²) in [4.78, 5) is 4.11. The first-order chi connectivity index (χ1) is 5.18. The van der Waals surface area contributed by atoms with Gasteiger partial charge in [0.05, 0.1) is 6.10 Å². The fraction of sp³-hybridized carbons (Fsp3) is 0.375. The number of pyridine rings is 1. The lowest BCUT2D eigenvalue weighted by atomic mass is 10.2. The summed E-state index contributed by atoms with van der Waals surface area (Å²) in [7, 11) is 0. The Morgan fingerprint density at radius 3 is 2.82 bits per heavy atom. The molecule has 2 nitrogen and oxygen atoms in total. The maximum absolute atomic E-state index is 9.02. The van der Waals surface area contributed by atoms with Gasteiger partial charge in [-0.05, 0) is 35.0 Å². The summed E-state index contributed by atoms with van der Waals surface area (Å²) in [6.07, 6.45) is 2.04.